The number of nitriles is 1. The Labute approximate surface area is 255 Å². The summed E-state index contributed by atoms with van der Waals surface area (Å²) in [6.07, 6.45) is 0.545. The quantitative estimate of drug-likeness (QED) is 0.192. The summed E-state index contributed by atoms with van der Waals surface area (Å²) >= 11 is 0.745. The second-order valence-corrected chi connectivity index (χ2v) is 13.6. The number of hydrogen-bond donors (Lipinski definition) is 2. The molecular formula is C32H40F2N6O2S. The number of imidazole rings is 1. The van der Waals surface area contributed by atoms with Crippen molar-refractivity contribution in [2.45, 2.75) is 86.0 Å². The molecule has 1 aromatic carbocycles. The van der Waals surface area contributed by atoms with Crippen molar-refractivity contribution in [2.75, 3.05) is 11.9 Å². The number of carbonyl (C=O) groups excluding carboxylic acids is 2. The summed E-state index contributed by atoms with van der Waals surface area (Å²) in [5.41, 5.74) is 2.69. The van der Waals surface area contributed by atoms with Gasteiger partial charge in [-0.2, -0.15) is 5.26 Å². The van der Waals surface area contributed by atoms with Gasteiger partial charge in [-0.25, -0.2) is 13.8 Å². The van der Waals surface area contributed by atoms with Crippen molar-refractivity contribution in [3.05, 3.63) is 57.3 Å². The third-order valence-corrected chi connectivity index (χ3v) is 8.99. The van der Waals surface area contributed by atoms with Crippen LogP contribution in [0.1, 0.15) is 80.9 Å². The predicted molar refractivity (Wildman–Crippen MR) is 166 cm³/mol. The highest BCUT2D eigenvalue weighted by Crippen LogP contribution is 2.30. The first kappa shape index (κ1) is 32.3. The summed E-state index contributed by atoms with van der Waals surface area (Å²) in [7, 11) is 0. The summed E-state index contributed by atoms with van der Waals surface area (Å²) in [6.45, 7) is 14.0. The number of amides is 2. The van der Waals surface area contributed by atoms with Crippen molar-refractivity contribution in [3.63, 3.8) is 0 Å². The van der Waals surface area contributed by atoms with Gasteiger partial charge in [0, 0.05) is 25.7 Å². The number of rotatable bonds is 10. The number of anilines is 1. The van der Waals surface area contributed by atoms with Crippen LogP contribution in [0.3, 0.4) is 0 Å². The number of hydrogen-bond acceptors (Lipinski definition) is 6. The molecule has 230 valence electrons. The molecule has 2 aromatic heterocycles. The summed E-state index contributed by atoms with van der Waals surface area (Å²) in [5.74, 6) is -0.499. The van der Waals surface area contributed by atoms with Gasteiger partial charge in [0.15, 0.2) is 0 Å². The monoisotopic (exact) mass is 610 g/mol. The lowest BCUT2D eigenvalue weighted by Crippen LogP contribution is -2.39. The zero-order valence-corrected chi connectivity index (χ0v) is 26.4. The van der Waals surface area contributed by atoms with Crippen LogP contribution in [0.15, 0.2) is 42.0 Å². The molecule has 0 spiro atoms. The third-order valence-electron chi connectivity index (χ3n) is 7.90. The Morgan fingerprint density at radius 3 is 2.58 bits per heavy atom. The number of nitrogens with zero attached hydrogens (tertiary/aromatic N) is 4. The number of nitrogens with one attached hydrogen (secondary N) is 2. The maximum absolute atomic E-state index is 13.4. The molecule has 4 rings (SSSR count). The van der Waals surface area contributed by atoms with Crippen LogP contribution in [0.2, 0.25) is 0 Å². The zero-order chi connectivity index (χ0) is 31.5. The van der Waals surface area contributed by atoms with Gasteiger partial charge < -0.3 is 14.8 Å². The van der Waals surface area contributed by atoms with E-state index in [0.717, 1.165) is 35.3 Å². The first-order chi connectivity index (χ1) is 20.3. The van der Waals surface area contributed by atoms with Gasteiger partial charge in [-0.05, 0) is 60.9 Å². The van der Waals surface area contributed by atoms with Gasteiger partial charge in [0.1, 0.15) is 11.6 Å². The number of benzene rings is 1. The Morgan fingerprint density at radius 2 is 1.95 bits per heavy atom. The van der Waals surface area contributed by atoms with Crippen molar-refractivity contribution >= 4 is 40.1 Å². The van der Waals surface area contributed by atoms with Gasteiger partial charge in [-0.3, -0.25) is 14.9 Å². The Bertz CT molecular complexity index is 1550. The summed E-state index contributed by atoms with van der Waals surface area (Å²) in [4.78, 5) is 32.9. The number of likely N-dealkylation sites (tertiary alicyclic amines) is 1. The summed E-state index contributed by atoms with van der Waals surface area (Å²) < 4.78 is 28.2. The molecule has 1 aliphatic rings. The Kier molecular flexibility index (Phi) is 10.0. The van der Waals surface area contributed by atoms with Crippen LogP contribution in [-0.2, 0) is 17.9 Å². The molecular weight excluding hydrogens is 570 g/mol. The average Bonchev–Trinajstić information content (AvgIpc) is 3.69. The molecule has 43 heavy (non-hydrogen) atoms. The SMILES string of the molecule is CC(C)C=C(C#N)C(=O)N1CCC[C@@H]1Cn1c(NC(=O)c2ccc(C(F)F)s2)nc2ccc(CN[C@H](C)C(C)(C)C)cc21. The van der Waals surface area contributed by atoms with E-state index in [1.54, 1.807) is 11.0 Å². The molecule has 3 aromatic rings. The fourth-order valence-corrected chi connectivity index (χ4v) is 5.80. The van der Waals surface area contributed by atoms with Crippen LogP contribution >= 0.6 is 11.3 Å². The zero-order valence-electron chi connectivity index (χ0n) is 25.6. The number of halogens is 2. The van der Waals surface area contributed by atoms with E-state index in [1.165, 1.54) is 12.1 Å². The molecule has 11 heteroatoms. The molecule has 0 aliphatic carbocycles. The van der Waals surface area contributed by atoms with E-state index in [0.29, 0.717) is 25.2 Å². The first-order valence-corrected chi connectivity index (χ1v) is 15.4. The normalized spacial score (nSPS) is 16.7. The maximum atomic E-state index is 13.4. The van der Waals surface area contributed by atoms with E-state index in [9.17, 15) is 23.6 Å². The van der Waals surface area contributed by atoms with Crippen LogP contribution in [0.5, 0.6) is 0 Å². The molecule has 0 saturated carbocycles. The number of aromatic nitrogens is 2. The minimum Gasteiger partial charge on any atom is -0.333 e. The second-order valence-electron chi connectivity index (χ2n) is 12.5. The van der Waals surface area contributed by atoms with Gasteiger partial charge in [-0.1, -0.05) is 46.8 Å². The first-order valence-electron chi connectivity index (χ1n) is 14.6. The predicted octanol–water partition coefficient (Wildman–Crippen LogP) is 6.91. The van der Waals surface area contributed by atoms with E-state index < -0.39 is 12.3 Å². The van der Waals surface area contributed by atoms with Crippen molar-refractivity contribution in [1.82, 2.24) is 19.8 Å². The van der Waals surface area contributed by atoms with E-state index in [2.05, 4.69) is 44.4 Å². The topological polar surface area (TPSA) is 103 Å². The minimum atomic E-state index is -2.65. The lowest BCUT2D eigenvalue weighted by Gasteiger charge is -2.28. The number of allylic oxidation sites excluding steroid dienone is 1. The van der Waals surface area contributed by atoms with E-state index >= 15 is 0 Å². The van der Waals surface area contributed by atoms with Crippen LogP contribution in [0.25, 0.3) is 11.0 Å². The molecule has 2 N–H and O–H groups in total. The lowest BCUT2D eigenvalue weighted by molar-refractivity contribution is -0.127. The Balaban J connectivity index is 1.69. The highest BCUT2D eigenvalue weighted by atomic mass is 32.1. The van der Waals surface area contributed by atoms with E-state index in [4.69, 9.17) is 4.98 Å². The number of alkyl halides is 2. The van der Waals surface area contributed by atoms with Gasteiger partial charge in [0.2, 0.25) is 5.95 Å². The van der Waals surface area contributed by atoms with Crippen molar-refractivity contribution in [3.8, 4) is 6.07 Å². The fourth-order valence-electron chi connectivity index (χ4n) is 5.04. The molecule has 1 aliphatic heterocycles. The number of thiophene rings is 1. The standard InChI is InChI=1S/C32H40F2N6O2S/c1-19(2)14-22(16-35)30(42)39-13-7-8-23(39)18-40-25-15-21(17-36-20(3)32(4,5)6)9-10-24(25)37-31(40)38-29(41)27-12-11-26(43-27)28(33)34/h9-12,14-15,19-20,23,28,36H,7-8,13,17-18H2,1-6H3,(H,37,38,41)/t20-,23-/m1/s1. The molecule has 1 saturated heterocycles. The highest BCUT2D eigenvalue weighted by Gasteiger charge is 2.32. The van der Waals surface area contributed by atoms with Crippen LogP contribution in [0.4, 0.5) is 14.7 Å². The molecule has 0 unspecified atom stereocenters. The molecule has 2 amide bonds. The van der Waals surface area contributed by atoms with Crippen molar-refractivity contribution in [1.29, 1.82) is 5.26 Å². The van der Waals surface area contributed by atoms with E-state index in [1.807, 2.05) is 36.6 Å². The van der Waals surface area contributed by atoms with Crippen molar-refractivity contribution in [2.24, 2.45) is 11.3 Å². The number of carbonyl (C=O) groups is 2. The Morgan fingerprint density at radius 1 is 1.21 bits per heavy atom. The second kappa shape index (κ2) is 13.3. The van der Waals surface area contributed by atoms with Crippen molar-refractivity contribution < 1.29 is 18.4 Å². The van der Waals surface area contributed by atoms with E-state index in [-0.39, 0.29) is 50.6 Å². The molecule has 3 heterocycles. The molecule has 0 bridgehead atoms. The largest absolute Gasteiger partial charge is 0.333 e. The van der Waals surface area contributed by atoms with Crippen LogP contribution in [-0.4, -0.2) is 44.9 Å². The number of fused-ring (bicyclic) bond motifs is 1. The Hall–Kier alpha value is -3.62. The molecule has 0 radical (unpaired) electrons. The molecule has 2 atom stereocenters. The maximum Gasteiger partial charge on any atom is 0.272 e. The van der Waals surface area contributed by atoms with Gasteiger partial charge in [-0.15, -0.1) is 11.3 Å². The minimum absolute atomic E-state index is 0.0509. The van der Waals surface area contributed by atoms with Gasteiger partial charge in [0.05, 0.1) is 26.8 Å². The molecule has 8 nitrogen and oxygen atoms in total. The van der Waals surface area contributed by atoms with Gasteiger partial charge in [0.25, 0.3) is 18.2 Å². The highest BCUT2D eigenvalue weighted by molar-refractivity contribution is 7.14. The molecule has 1 fully saturated rings. The third kappa shape index (κ3) is 7.67. The average molecular weight is 611 g/mol. The lowest BCUT2D eigenvalue weighted by atomic mass is 9.88. The smallest absolute Gasteiger partial charge is 0.272 e. The van der Waals surface area contributed by atoms with Crippen LogP contribution < -0.4 is 10.6 Å². The van der Waals surface area contributed by atoms with Gasteiger partial charge >= 0.3 is 0 Å². The summed E-state index contributed by atoms with van der Waals surface area (Å²) in [5, 5.41) is 16.1. The fraction of sp³-hybridized carbons (Fsp3) is 0.500. The summed E-state index contributed by atoms with van der Waals surface area (Å²) in [6, 6.07) is 10.7. The van der Waals surface area contributed by atoms with Crippen LogP contribution in [0, 0.1) is 22.7 Å².